The van der Waals surface area contributed by atoms with Gasteiger partial charge in [0, 0.05) is 0 Å². The van der Waals surface area contributed by atoms with Crippen molar-refractivity contribution in [1.29, 1.82) is 0 Å². The van der Waals surface area contributed by atoms with Crippen molar-refractivity contribution in [2.45, 2.75) is 46.1 Å². The lowest BCUT2D eigenvalue weighted by Gasteiger charge is -2.12. The molecular formula is C13H20O. The van der Waals surface area contributed by atoms with Crippen LogP contribution < -0.4 is 4.74 Å². The normalized spacial score (nSPS) is 12.5. The summed E-state index contributed by atoms with van der Waals surface area (Å²) in [6, 6.07) is 8.44. The Kier molecular flexibility index (Phi) is 4.51. The van der Waals surface area contributed by atoms with Crippen LogP contribution in [0.1, 0.15) is 39.2 Å². The molecule has 0 amide bonds. The standard InChI is InChI=1S/C13H20O/c1-4-6-12-7-9-13(10-8-12)14-11(3)5-2/h7-11H,4-6H2,1-3H3. The number of rotatable bonds is 5. The van der Waals surface area contributed by atoms with E-state index in [0.717, 1.165) is 18.6 Å². The molecule has 1 heteroatoms. The van der Waals surface area contributed by atoms with Gasteiger partial charge in [0.25, 0.3) is 0 Å². The Morgan fingerprint density at radius 1 is 1.14 bits per heavy atom. The summed E-state index contributed by atoms with van der Waals surface area (Å²) in [6.45, 7) is 6.43. The van der Waals surface area contributed by atoms with Crippen LogP contribution in [0.5, 0.6) is 5.75 Å². The molecule has 0 fully saturated rings. The van der Waals surface area contributed by atoms with Crippen molar-refractivity contribution in [2.24, 2.45) is 0 Å². The molecule has 0 radical (unpaired) electrons. The zero-order chi connectivity index (χ0) is 10.4. The summed E-state index contributed by atoms with van der Waals surface area (Å²) in [5.41, 5.74) is 1.39. The number of hydrogen-bond donors (Lipinski definition) is 0. The molecule has 0 bridgehead atoms. The summed E-state index contributed by atoms with van der Waals surface area (Å²) in [7, 11) is 0. The van der Waals surface area contributed by atoms with Gasteiger partial charge >= 0.3 is 0 Å². The maximum absolute atomic E-state index is 5.70. The lowest BCUT2D eigenvalue weighted by Crippen LogP contribution is -2.09. The van der Waals surface area contributed by atoms with E-state index in [-0.39, 0.29) is 0 Å². The number of aryl methyl sites for hydroxylation is 1. The van der Waals surface area contributed by atoms with E-state index in [2.05, 4.69) is 45.0 Å². The van der Waals surface area contributed by atoms with Crippen LogP contribution in [0.25, 0.3) is 0 Å². The Bertz CT molecular complexity index is 250. The van der Waals surface area contributed by atoms with Gasteiger partial charge in [-0.15, -0.1) is 0 Å². The molecular weight excluding hydrogens is 172 g/mol. The van der Waals surface area contributed by atoms with Crippen LogP contribution in [0.2, 0.25) is 0 Å². The summed E-state index contributed by atoms with van der Waals surface area (Å²) >= 11 is 0. The molecule has 0 heterocycles. The molecule has 1 unspecified atom stereocenters. The molecule has 0 aliphatic carbocycles. The van der Waals surface area contributed by atoms with Crippen LogP contribution in [-0.4, -0.2) is 6.10 Å². The van der Waals surface area contributed by atoms with Crippen molar-refractivity contribution in [1.82, 2.24) is 0 Å². The van der Waals surface area contributed by atoms with Crippen molar-refractivity contribution in [3.8, 4) is 5.75 Å². The highest BCUT2D eigenvalue weighted by atomic mass is 16.5. The Labute approximate surface area is 87.1 Å². The molecule has 1 aromatic carbocycles. The Morgan fingerprint density at radius 3 is 2.29 bits per heavy atom. The van der Waals surface area contributed by atoms with Gasteiger partial charge in [-0.1, -0.05) is 32.4 Å². The lowest BCUT2D eigenvalue weighted by atomic mass is 10.1. The fourth-order valence-electron chi connectivity index (χ4n) is 1.34. The average Bonchev–Trinajstić information content (AvgIpc) is 2.21. The largest absolute Gasteiger partial charge is 0.491 e. The predicted octanol–water partition coefficient (Wildman–Crippen LogP) is 3.82. The van der Waals surface area contributed by atoms with Gasteiger partial charge < -0.3 is 4.74 Å². The molecule has 1 rings (SSSR count). The summed E-state index contributed by atoms with van der Waals surface area (Å²) in [5.74, 6) is 0.985. The highest BCUT2D eigenvalue weighted by Crippen LogP contribution is 2.15. The van der Waals surface area contributed by atoms with Crippen LogP contribution in [-0.2, 0) is 6.42 Å². The third-order valence-electron chi connectivity index (χ3n) is 2.37. The summed E-state index contributed by atoms with van der Waals surface area (Å²) in [5, 5.41) is 0. The first-order valence-corrected chi connectivity index (χ1v) is 5.51. The molecule has 0 spiro atoms. The van der Waals surface area contributed by atoms with Crippen LogP contribution in [0.3, 0.4) is 0 Å². The third-order valence-corrected chi connectivity index (χ3v) is 2.37. The second kappa shape index (κ2) is 5.69. The number of hydrogen-bond acceptors (Lipinski definition) is 1. The second-order valence-electron chi connectivity index (χ2n) is 3.73. The lowest BCUT2D eigenvalue weighted by molar-refractivity contribution is 0.217. The van der Waals surface area contributed by atoms with Gasteiger partial charge in [-0.3, -0.25) is 0 Å². The maximum Gasteiger partial charge on any atom is 0.119 e. The van der Waals surface area contributed by atoms with Gasteiger partial charge in [0.15, 0.2) is 0 Å². The fourth-order valence-corrected chi connectivity index (χ4v) is 1.34. The first-order valence-electron chi connectivity index (χ1n) is 5.51. The highest BCUT2D eigenvalue weighted by molar-refractivity contribution is 5.27. The van der Waals surface area contributed by atoms with Gasteiger partial charge in [0.2, 0.25) is 0 Å². The van der Waals surface area contributed by atoms with E-state index in [9.17, 15) is 0 Å². The quantitative estimate of drug-likeness (QED) is 0.689. The van der Waals surface area contributed by atoms with Crippen molar-refractivity contribution >= 4 is 0 Å². The Morgan fingerprint density at radius 2 is 1.79 bits per heavy atom. The van der Waals surface area contributed by atoms with Gasteiger partial charge in [-0.25, -0.2) is 0 Å². The Balaban J connectivity index is 2.54. The topological polar surface area (TPSA) is 9.23 Å². The molecule has 0 saturated heterocycles. The maximum atomic E-state index is 5.70. The van der Waals surface area contributed by atoms with E-state index >= 15 is 0 Å². The summed E-state index contributed by atoms with van der Waals surface area (Å²) in [6.07, 6.45) is 3.72. The summed E-state index contributed by atoms with van der Waals surface area (Å²) in [4.78, 5) is 0. The van der Waals surface area contributed by atoms with Gasteiger partial charge in [0.1, 0.15) is 5.75 Å². The minimum Gasteiger partial charge on any atom is -0.491 e. The molecule has 0 aromatic heterocycles. The molecule has 1 nitrogen and oxygen atoms in total. The second-order valence-corrected chi connectivity index (χ2v) is 3.73. The average molecular weight is 192 g/mol. The van der Waals surface area contributed by atoms with Crippen molar-refractivity contribution in [2.75, 3.05) is 0 Å². The first kappa shape index (κ1) is 11.1. The molecule has 0 aliphatic rings. The molecule has 1 atom stereocenters. The molecule has 0 aliphatic heterocycles. The zero-order valence-corrected chi connectivity index (χ0v) is 9.42. The first-order chi connectivity index (χ1) is 6.76. The Hall–Kier alpha value is -0.980. The predicted molar refractivity (Wildman–Crippen MR) is 60.8 cm³/mol. The van der Waals surface area contributed by atoms with E-state index in [1.54, 1.807) is 0 Å². The van der Waals surface area contributed by atoms with E-state index in [0.29, 0.717) is 6.10 Å². The van der Waals surface area contributed by atoms with Gasteiger partial charge in [-0.05, 0) is 37.5 Å². The summed E-state index contributed by atoms with van der Waals surface area (Å²) < 4.78 is 5.70. The minimum atomic E-state index is 0.312. The molecule has 14 heavy (non-hydrogen) atoms. The van der Waals surface area contributed by atoms with E-state index in [1.807, 2.05) is 0 Å². The minimum absolute atomic E-state index is 0.312. The van der Waals surface area contributed by atoms with E-state index in [1.165, 1.54) is 12.0 Å². The van der Waals surface area contributed by atoms with E-state index in [4.69, 9.17) is 4.74 Å². The SMILES string of the molecule is CCCc1ccc(OC(C)CC)cc1. The fraction of sp³-hybridized carbons (Fsp3) is 0.538. The zero-order valence-electron chi connectivity index (χ0n) is 9.42. The van der Waals surface area contributed by atoms with E-state index < -0.39 is 0 Å². The highest BCUT2D eigenvalue weighted by Gasteiger charge is 2.00. The van der Waals surface area contributed by atoms with Crippen molar-refractivity contribution in [3.05, 3.63) is 29.8 Å². The van der Waals surface area contributed by atoms with Crippen LogP contribution in [0.15, 0.2) is 24.3 Å². The smallest absolute Gasteiger partial charge is 0.119 e. The van der Waals surface area contributed by atoms with Crippen LogP contribution in [0, 0.1) is 0 Å². The monoisotopic (exact) mass is 192 g/mol. The third kappa shape index (κ3) is 3.41. The molecule has 0 saturated carbocycles. The molecule has 78 valence electrons. The van der Waals surface area contributed by atoms with Crippen molar-refractivity contribution in [3.63, 3.8) is 0 Å². The van der Waals surface area contributed by atoms with Crippen LogP contribution >= 0.6 is 0 Å². The van der Waals surface area contributed by atoms with Crippen molar-refractivity contribution < 1.29 is 4.74 Å². The molecule has 0 N–H and O–H groups in total. The van der Waals surface area contributed by atoms with Crippen LogP contribution in [0.4, 0.5) is 0 Å². The molecule has 1 aromatic rings. The van der Waals surface area contributed by atoms with Gasteiger partial charge in [0.05, 0.1) is 6.10 Å². The number of ether oxygens (including phenoxy) is 1. The van der Waals surface area contributed by atoms with Gasteiger partial charge in [-0.2, -0.15) is 0 Å². The number of benzene rings is 1.